The zero-order valence-corrected chi connectivity index (χ0v) is 11.5. The Hall–Kier alpha value is -0.0800. The first kappa shape index (κ1) is 14.9. The Kier molecular flexibility index (Phi) is 7.20. The Balaban J connectivity index is 4.15. The van der Waals surface area contributed by atoms with Crippen molar-refractivity contribution >= 4 is 0 Å². The van der Waals surface area contributed by atoms with E-state index in [1.165, 1.54) is 6.42 Å². The van der Waals surface area contributed by atoms with E-state index < -0.39 is 0 Å². The van der Waals surface area contributed by atoms with Gasteiger partial charge in [0.25, 0.3) is 0 Å². The third kappa shape index (κ3) is 6.16. The SMILES string of the molecule is CCC(C)C(N)CN(CC(C)C)C(C)C. The lowest BCUT2D eigenvalue weighted by Gasteiger charge is -2.32. The fourth-order valence-electron chi connectivity index (χ4n) is 1.72. The molecule has 0 aliphatic heterocycles. The van der Waals surface area contributed by atoms with Gasteiger partial charge in [-0.3, -0.25) is 4.90 Å². The molecule has 0 fully saturated rings. The van der Waals surface area contributed by atoms with Gasteiger partial charge in [-0.25, -0.2) is 0 Å². The zero-order valence-electron chi connectivity index (χ0n) is 11.5. The molecule has 0 aliphatic carbocycles. The first-order valence-corrected chi connectivity index (χ1v) is 6.38. The third-order valence-electron chi connectivity index (χ3n) is 3.15. The van der Waals surface area contributed by atoms with Gasteiger partial charge >= 0.3 is 0 Å². The summed E-state index contributed by atoms with van der Waals surface area (Å²) in [7, 11) is 0. The molecule has 0 amide bonds. The first-order valence-electron chi connectivity index (χ1n) is 6.38. The van der Waals surface area contributed by atoms with Crippen LogP contribution in [0.4, 0.5) is 0 Å². The summed E-state index contributed by atoms with van der Waals surface area (Å²) in [6.45, 7) is 15.7. The van der Waals surface area contributed by atoms with Crippen LogP contribution in [0.3, 0.4) is 0 Å². The lowest BCUT2D eigenvalue weighted by atomic mass is 9.99. The van der Waals surface area contributed by atoms with Gasteiger partial charge in [-0.15, -0.1) is 0 Å². The number of nitrogens with two attached hydrogens (primary N) is 1. The highest BCUT2D eigenvalue weighted by Crippen LogP contribution is 2.10. The van der Waals surface area contributed by atoms with Crippen LogP contribution < -0.4 is 5.73 Å². The maximum absolute atomic E-state index is 6.20. The molecule has 0 aromatic rings. The minimum Gasteiger partial charge on any atom is -0.326 e. The smallest absolute Gasteiger partial charge is 0.0193 e. The number of nitrogens with zero attached hydrogens (tertiary/aromatic N) is 1. The summed E-state index contributed by atoms with van der Waals surface area (Å²) in [6.07, 6.45) is 1.18. The van der Waals surface area contributed by atoms with Crippen LogP contribution in [0, 0.1) is 11.8 Å². The number of rotatable bonds is 7. The Bertz CT molecular complexity index is 155. The van der Waals surface area contributed by atoms with Crippen molar-refractivity contribution in [3.05, 3.63) is 0 Å². The molecule has 2 heteroatoms. The van der Waals surface area contributed by atoms with Crippen LogP contribution in [-0.2, 0) is 0 Å². The summed E-state index contributed by atoms with van der Waals surface area (Å²) >= 11 is 0. The summed E-state index contributed by atoms with van der Waals surface area (Å²) in [5, 5.41) is 0. The Morgan fingerprint density at radius 3 is 1.87 bits per heavy atom. The molecule has 0 aliphatic rings. The van der Waals surface area contributed by atoms with Crippen molar-refractivity contribution in [2.45, 2.75) is 60.0 Å². The molecule has 2 unspecified atom stereocenters. The van der Waals surface area contributed by atoms with Crippen LogP contribution in [0.1, 0.15) is 48.0 Å². The van der Waals surface area contributed by atoms with E-state index in [0.29, 0.717) is 18.0 Å². The molecule has 0 radical (unpaired) electrons. The van der Waals surface area contributed by atoms with Crippen LogP contribution in [-0.4, -0.2) is 30.1 Å². The predicted molar refractivity (Wildman–Crippen MR) is 69.0 cm³/mol. The Morgan fingerprint density at radius 2 is 1.53 bits per heavy atom. The van der Waals surface area contributed by atoms with E-state index in [-0.39, 0.29) is 0 Å². The van der Waals surface area contributed by atoms with Gasteiger partial charge in [-0.1, -0.05) is 34.1 Å². The van der Waals surface area contributed by atoms with Crippen LogP contribution in [0.25, 0.3) is 0 Å². The van der Waals surface area contributed by atoms with Crippen molar-refractivity contribution in [1.29, 1.82) is 0 Å². The summed E-state index contributed by atoms with van der Waals surface area (Å²) in [6, 6.07) is 0.915. The molecular formula is C13H30N2. The second-order valence-corrected chi connectivity index (χ2v) is 5.49. The molecule has 0 bridgehead atoms. The molecule has 2 N–H and O–H groups in total. The maximum Gasteiger partial charge on any atom is 0.0193 e. The van der Waals surface area contributed by atoms with E-state index in [0.717, 1.165) is 19.0 Å². The Labute approximate surface area is 96.2 Å². The third-order valence-corrected chi connectivity index (χ3v) is 3.15. The normalized spacial score (nSPS) is 16.4. The second-order valence-electron chi connectivity index (χ2n) is 5.49. The largest absolute Gasteiger partial charge is 0.326 e. The summed E-state index contributed by atoms with van der Waals surface area (Å²) in [4.78, 5) is 2.50. The standard InChI is InChI=1S/C13H30N2/c1-7-12(6)13(14)9-15(11(4)5)8-10(2)3/h10-13H,7-9,14H2,1-6H3. The van der Waals surface area contributed by atoms with Crippen LogP contribution in [0.15, 0.2) is 0 Å². The van der Waals surface area contributed by atoms with Gasteiger partial charge in [0.2, 0.25) is 0 Å². The fourth-order valence-corrected chi connectivity index (χ4v) is 1.72. The van der Waals surface area contributed by atoms with Crippen molar-refractivity contribution < 1.29 is 0 Å². The highest BCUT2D eigenvalue weighted by atomic mass is 15.2. The summed E-state index contributed by atoms with van der Waals surface area (Å²) in [5.41, 5.74) is 6.20. The molecule has 0 spiro atoms. The molecule has 0 aromatic carbocycles. The van der Waals surface area contributed by atoms with Crippen LogP contribution in [0.5, 0.6) is 0 Å². The van der Waals surface area contributed by atoms with Crippen molar-refractivity contribution in [1.82, 2.24) is 4.90 Å². The molecular weight excluding hydrogens is 184 g/mol. The molecule has 2 nitrogen and oxygen atoms in total. The van der Waals surface area contributed by atoms with Crippen LogP contribution >= 0.6 is 0 Å². The summed E-state index contributed by atoms with van der Waals surface area (Å²) < 4.78 is 0. The monoisotopic (exact) mass is 214 g/mol. The number of hydrogen-bond acceptors (Lipinski definition) is 2. The molecule has 15 heavy (non-hydrogen) atoms. The van der Waals surface area contributed by atoms with Crippen molar-refractivity contribution in [3.8, 4) is 0 Å². The molecule has 0 rings (SSSR count). The molecule has 0 aromatic heterocycles. The highest BCUT2D eigenvalue weighted by molar-refractivity contribution is 4.75. The first-order chi connectivity index (χ1) is 6.88. The molecule has 0 saturated heterocycles. The topological polar surface area (TPSA) is 29.3 Å². The minimum atomic E-state index is 0.316. The van der Waals surface area contributed by atoms with Gasteiger partial charge in [0.05, 0.1) is 0 Å². The van der Waals surface area contributed by atoms with E-state index in [2.05, 4.69) is 46.4 Å². The van der Waals surface area contributed by atoms with Crippen molar-refractivity contribution in [2.75, 3.05) is 13.1 Å². The average Bonchev–Trinajstić information content (AvgIpc) is 2.14. The van der Waals surface area contributed by atoms with E-state index in [1.807, 2.05) is 0 Å². The van der Waals surface area contributed by atoms with E-state index >= 15 is 0 Å². The van der Waals surface area contributed by atoms with Gasteiger partial charge in [0.1, 0.15) is 0 Å². The zero-order chi connectivity index (χ0) is 12.0. The van der Waals surface area contributed by atoms with E-state index in [1.54, 1.807) is 0 Å². The maximum atomic E-state index is 6.20. The molecule has 0 saturated carbocycles. The molecule has 2 atom stereocenters. The fraction of sp³-hybridized carbons (Fsp3) is 1.00. The molecule has 0 heterocycles. The second kappa shape index (κ2) is 7.24. The van der Waals surface area contributed by atoms with E-state index in [4.69, 9.17) is 5.73 Å². The quantitative estimate of drug-likeness (QED) is 0.706. The van der Waals surface area contributed by atoms with Gasteiger partial charge in [0, 0.05) is 25.2 Å². The summed E-state index contributed by atoms with van der Waals surface area (Å²) in [5.74, 6) is 1.34. The van der Waals surface area contributed by atoms with Crippen molar-refractivity contribution in [2.24, 2.45) is 17.6 Å². The Morgan fingerprint density at radius 1 is 1.00 bits per heavy atom. The van der Waals surface area contributed by atoms with Crippen molar-refractivity contribution in [3.63, 3.8) is 0 Å². The molecule has 92 valence electrons. The van der Waals surface area contributed by atoms with Crippen LogP contribution in [0.2, 0.25) is 0 Å². The van der Waals surface area contributed by atoms with Gasteiger partial charge in [-0.05, 0) is 25.7 Å². The lowest BCUT2D eigenvalue weighted by Crippen LogP contribution is -2.45. The van der Waals surface area contributed by atoms with Gasteiger partial charge in [0.15, 0.2) is 0 Å². The predicted octanol–water partition coefficient (Wildman–Crippen LogP) is 2.73. The lowest BCUT2D eigenvalue weighted by molar-refractivity contribution is 0.171. The number of hydrogen-bond donors (Lipinski definition) is 1. The highest BCUT2D eigenvalue weighted by Gasteiger charge is 2.18. The minimum absolute atomic E-state index is 0.316. The average molecular weight is 214 g/mol. The van der Waals surface area contributed by atoms with Gasteiger partial charge in [-0.2, -0.15) is 0 Å². The van der Waals surface area contributed by atoms with E-state index in [9.17, 15) is 0 Å². The van der Waals surface area contributed by atoms with Gasteiger partial charge < -0.3 is 5.73 Å².